The topological polar surface area (TPSA) is 3.24 Å². The standard InChI is InChI=1S/C27H55N.C3H7.In/c1-8-15-21-24(17-10-3)26(19-12-5)28(23-14-7)27(20-13-6)25(18-11-4)22-16-9-2;1-3-2;/h21-22,24-27H,8-20,23H2,1-7H3;1,3H2,2H3;. The molecule has 1 heterocycles. The van der Waals surface area contributed by atoms with Crippen molar-refractivity contribution in [1.82, 2.24) is 4.90 Å². The molecule has 1 aliphatic heterocycles. The van der Waals surface area contributed by atoms with Gasteiger partial charge in [-0.1, -0.05) is 0 Å². The maximum absolute atomic E-state index is 3.17. The average molecular weight is 552 g/mol. The Morgan fingerprint density at radius 2 is 0.875 bits per heavy atom. The molecule has 1 aliphatic rings. The first-order valence-corrected chi connectivity index (χ1v) is 21.5. The minimum atomic E-state index is -1.77. The summed E-state index contributed by atoms with van der Waals surface area (Å²) in [5.74, 6) is 2.00. The Kier molecular flexibility index (Phi) is 17.5. The molecule has 32 heavy (non-hydrogen) atoms. The molecule has 0 aromatic carbocycles. The van der Waals surface area contributed by atoms with Crippen LogP contribution in [0.15, 0.2) is 0 Å². The zero-order chi connectivity index (χ0) is 23.9. The minimum absolute atomic E-state index is 0.867. The van der Waals surface area contributed by atoms with Crippen LogP contribution in [0.4, 0.5) is 0 Å². The van der Waals surface area contributed by atoms with E-state index in [1.165, 1.54) is 83.6 Å². The predicted molar refractivity (Wildman–Crippen MR) is 149 cm³/mol. The van der Waals surface area contributed by atoms with Crippen molar-refractivity contribution in [3.8, 4) is 0 Å². The van der Waals surface area contributed by atoms with Crippen LogP contribution >= 0.6 is 0 Å². The van der Waals surface area contributed by atoms with Crippen molar-refractivity contribution in [2.45, 2.75) is 169 Å². The molecule has 0 N–H and O–H groups in total. The fourth-order valence-electron chi connectivity index (χ4n) is 7.97. The summed E-state index contributed by atoms with van der Waals surface area (Å²) in [6.45, 7) is 21.2. The fourth-order valence-corrected chi connectivity index (χ4v) is 24.7. The van der Waals surface area contributed by atoms with Gasteiger partial charge in [-0.3, -0.25) is 0 Å². The van der Waals surface area contributed by atoms with Gasteiger partial charge in [0.05, 0.1) is 0 Å². The third-order valence-corrected chi connectivity index (χ3v) is 23.4. The quantitative estimate of drug-likeness (QED) is 0.184. The van der Waals surface area contributed by atoms with Crippen LogP contribution in [0.5, 0.6) is 0 Å². The number of hydrogen-bond donors (Lipinski definition) is 0. The third-order valence-electron chi connectivity index (χ3n) is 8.80. The van der Waals surface area contributed by atoms with E-state index in [9.17, 15) is 0 Å². The second-order valence-corrected chi connectivity index (χ2v) is 21.5. The van der Waals surface area contributed by atoms with Gasteiger partial charge >= 0.3 is 214 Å². The van der Waals surface area contributed by atoms with Gasteiger partial charge in [0.15, 0.2) is 0 Å². The van der Waals surface area contributed by atoms with Crippen molar-refractivity contribution in [2.24, 2.45) is 11.8 Å². The summed E-state index contributed by atoms with van der Waals surface area (Å²) >= 11 is -1.77. The molecule has 2 heteroatoms. The van der Waals surface area contributed by atoms with Gasteiger partial charge in [-0.05, 0) is 0 Å². The molecule has 6 unspecified atom stereocenters. The van der Waals surface area contributed by atoms with E-state index in [2.05, 4.69) is 60.3 Å². The van der Waals surface area contributed by atoms with Crippen molar-refractivity contribution >= 4 is 21.4 Å². The van der Waals surface area contributed by atoms with Crippen LogP contribution in [0.1, 0.15) is 145 Å². The molecular formula is C30H62InN. The Labute approximate surface area is 212 Å². The number of rotatable bonds is 16. The van der Waals surface area contributed by atoms with Crippen molar-refractivity contribution in [2.75, 3.05) is 6.54 Å². The van der Waals surface area contributed by atoms with Crippen molar-refractivity contribution in [3.05, 3.63) is 0 Å². The first kappa shape index (κ1) is 30.9. The van der Waals surface area contributed by atoms with E-state index in [1.54, 1.807) is 17.0 Å². The fraction of sp³-hybridized carbons (Fsp3) is 1.00. The summed E-state index contributed by atoms with van der Waals surface area (Å²) in [6.07, 6.45) is 20.2. The summed E-state index contributed by atoms with van der Waals surface area (Å²) in [6, 6.07) is 1.73. The molecular weight excluding hydrogens is 489 g/mol. The predicted octanol–water partition coefficient (Wildman–Crippen LogP) is 10.1. The normalized spacial score (nSPS) is 29.8. The first-order chi connectivity index (χ1) is 15.6. The summed E-state index contributed by atoms with van der Waals surface area (Å²) in [5.41, 5.74) is 0. The van der Waals surface area contributed by atoms with Gasteiger partial charge in [-0.2, -0.15) is 0 Å². The van der Waals surface area contributed by atoms with Crippen LogP contribution in [0, 0.1) is 11.8 Å². The molecule has 0 saturated carbocycles. The molecule has 1 nitrogen and oxygen atoms in total. The maximum atomic E-state index is 3.17. The van der Waals surface area contributed by atoms with E-state index in [4.69, 9.17) is 0 Å². The van der Waals surface area contributed by atoms with E-state index in [-0.39, 0.29) is 0 Å². The molecule has 1 rings (SSSR count). The van der Waals surface area contributed by atoms with Crippen molar-refractivity contribution in [3.63, 3.8) is 0 Å². The molecule has 0 aliphatic carbocycles. The Morgan fingerprint density at radius 3 is 1.19 bits per heavy atom. The van der Waals surface area contributed by atoms with E-state index < -0.39 is 21.4 Å². The average Bonchev–Trinajstić information content (AvgIpc) is 2.78. The molecule has 0 aromatic rings. The Morgan fingerprint density at radius 1 is 0.469 bits per heavy atom. The van der Waals surface area contributed by atoms with Crippen LogP contribution in [0.3, 0.4) is 0 Å². The Hall–Kier alpha value is 0.830. The van der Waals surface area contributed by atoms with Crippen molar-refractivity contribution in [1.29, 1.82) is 0 Å². The summed E-state index contributed by atoms with van der Waals surface area (Å²) in [5, 5.41) is 0. The number of hydrogen-bond acceptors (Lipinski definition) is 1. The van der Waals surface area contributed by atoms with Crippen LogP contribution < -0.4 is 0 Å². The molecule has 0 amide bonds. The first-order valence-electron chi connectivity index (χ1n) is 15.3. The van der Waals surface area contributed by atoms with Gasteiger partial charge in [0, 0.05) is 0 Å². The van der Waals surface area contributed by atoms with Gasteiger partial charge in [-0.15, -0.1) is 0 Å². The molecule has 6 atom stereocenters. The number of nitrogens with zero attached hydrogens (tertiary/aromatic N) is 1. The van der Waals surface area contributed by atoms with Gasteiger partial charge in [-0.25, -0.2) is 0 Å². The van der Waals surface area contributed by atoms with Crippen LogP contribution in [0.25, 0.3) is 0 Å². The molecule has 190 valence electrons. The third kappa shape index (κ3) is 8.49. The monoisotopic (exact) mass is 551 g/mol. The van der Waals surface area contributed by atoms with E-state index in [1.807, 2.05) is 0 Å². The molecule has 0 spiro atoms. The van der Waals surface area contributed by atoms with Gasteiger partial charge < -0.3 is 0 Å². The van der Waals surface area contributed by atoms with Crippen molar-refractivity contribution < 1.29 is 0 Å². The zero-order valence-electron chi connectivity index (χ0n) is 23.8. The zero-order valence-corrected chi connectivity index (χ0v) is 27.1. The summed E-state index contributed by atoms with van der Waals surface area (Å²) in [4.78, 5) is 3.17. The second kappa shape index (κ2) is 18.1. The van der Waals surface area contributed by atoms with Gasteiger partial charge in [0.1, 0.15) is 0 Å². The Bertz CT molecular complexity index is 303. The van der Waals surface area contributed by atoms with Gasteiger partial charge in [0.2, 0.25) is 0 Å². The van der Waals surface area contributed by atoms with Crippen LogP contribution in [-0.4, -0.2) is 45.0 Å². The van der Waals surface area contributed by atoms with Crippen LogP contribution in [0.2, 0.25) is 11.5 Å². The molecule has 1 saturated heterocycles. The Balaban J connectivity index is 3.73. The van der Waals surface area contributed by atoms with Crippen LogP contribution in [-0.2, 0) is 0 Å². The van der Waals surface area contributed by atoms with E-state index in [0.717, 1.165) is 31.3 Å². The molecule has 0 bridgehead atoms. The SMILES string of the molecule is CCCC1C(CCC)N(CCC)C(CCC)C(CCC)[CH](CCC)[In]([CH2]CC)[CH]1CCC. The van der Waals surface area contributed by atoms with Gasteiger partial charge in [0.25, 0.3) is 0 Å². The van der Waals surface area contributed by atoms with E-state index in [0.29, 0.717) is 0 Å². The molecule has 0 aromatic heterocycles. The second-order valence-electron chi connectivity index (χ2n) is 11.2. The molecule has 0 radical (unpaired) electrons. The summed E-state index contributed by atoms with van der Waals surface area (Å²) in [7, 11) is 0. The molecule has 1 fully saturated rings. The summed E-state index contributed by atoms with van der Waals surface area (Å²) < 4.78 is 3.98. The van der Waals surface area contributed by atoms with E-state index >= 15 is 0 Å².